The predicted molar refractivity (Wildman–Crippen MR) is 115 cm³/mol. The lowest BCUT2D eigenvalue weighted by molar-refractivity contribution is 0.693. The maximum atomic E-state index is 2.52. The molecule has 0 saturated heterocycles. The summed E-state index contributed by atoms with van der Waals surface area (Å²) in [5, 5.41) is 3.23. The van der Waals surface area contributed by atoms with Crippen molar-refractivity contribution >= 4 is 26.5 Å². The van der Waals surface area contributed by atoms with Gasteiger partial charge in [0.2, 0.25) is 0 Å². The minimum Gasteiger partial charge on any atom is -0.0654 e. The topological polar surface area (TPSA) is 0 Å². The summed E-state index contributed by atoms with van der Waals surface area (Å²) in [7, 11) is -2.44. The molecule has 0 atom stereocenters. The Hall–Kier alpha value is -1.13. The van der Waals surface area contributed by atoms with Gasteiger partial charge in [0.15, 0.2) is 0 Å². The highest BCUT2D eigenvalue weighted by atomic mass is 28.3. The van der Waals surface area contributed by atoms with E-state index >= 15 is 0 Å². The van der Waals surface area contributed by atoms with Gasteiger partial charge in [-0.15, -0.1) is 0 Å². The van der Waals surface area contributed by atoms with Gasteiger partial charge in [0.25, 0.3) is 0 Å². The van der Waals surface area contributed by atoms with Crippen molar-refractivity contribution in [3.05, 3.63) is 60.7 Å². The van der Waals surface area contributed by atoms with Crippen LogP contribution in [0.15, 0.2) is 60.7 Å². The minimum absolute atomic E-state index is 1.22. The van der Waals surface area contributed by atoms with Gasteiger partial charge in [-0.25, -0.2) is 0 Å². The summed E-state index contributed by atoms with van der Waals surface area (Å²) in [6, 6.07) is 25.2. The molecule has 2 heteroatoms. The highest BCUT2D eigenvalue weighted by Crippen LogP contribution is 2.19. The van der Waals surface area contributed by atoms with Crippen LogP contribution >= 0.6 is 0 Å². The second-order valence-electron chi connectivity index (χ2n) is 8.41. The first-order valence-electron chi connectivity index (χ1n) is 9.53. The van der Waals surface area contributed by atoms with Crippen molar-refractivity contribution in [2.24, 2.45) is 0 Å². The molecule has 0 bridgehead atoms. The fourth-order valence-electron chi connectivity index (χ4n) is 3.55. The van der Waals surface area contributed by atoms with E-state index < -0.39 is 16.1 Å². The third kappa shape index (κ3) is 5.75. The molecule has 0 spiro atoms. The van der Waals surface area contributed by atoms with E-state index in [9.17, 15) is 0 Å². The third-order valence-corrected chi connectivity index (χ3v) is 12.5. The van der Waals surface area contributed by atoms with E-state index in [1.165, 1.54) is 37.8 Å². The van der Waals surface area contributed by atoms with Gasteiger partial charge in [-0.3, -0.25) is 0 Å². The van der Waals surface area contributed by atoms with Crippen molar-refractivity contribution in [2.75, 3.05) is 0 Å². The molecule has 2 aromatic rings. The molecule has 0 amide bonds. The highest BCUT2D eigenvalue weighted by molar-refractivity contribution is 6.90. The van der Waals surface area contributed by atoms with Crippen molar-refractivity contribution in [1.82, 2.24) is 0 Å². The Bertz CT molecular complexity index is 532. The number of unbranched alkanes of at least 4 members (excludes halogenated alkanes) is 3. The average Bonchev–Trinajstić information content (AvgIpc) is 2.59. The molecule has 0 N–H and O–H groups in total. The number of hydrogen-bond acceptors (Lipinski definition) is 0. The normalized spacial score (nSPS) is 12.3. The lowest BCUT2D eigenvalue weighted by Gasteiger charge is -2.24. The summed E-state index contributed by atoms with van der Waals surface area (Å²) in [6.45, 7) is 10.1. The average molecular weight is 355 g/mol. The molecular weight excluding hydrogens is 320 g/mol. The van der Waals surface area contributed by atoms with Crippen LogP contribution in [-0.4, -0.2) is 16.1 Å². The maximum Gasteiger partial charge on any atom is 0.0806 e. The molecule has 0 radical (unpaired) electrons. The maximum absolute atomic E-state index is 2.52. The minimum atomic E-state index is -1.22. The summed E-state index contributed by atoms with van der Waals surface area (Å²) >= 11 is 0. The van der Waals surface area contributed by atoms with Gasteiger partial charge >= 0.3 is 0 Å². The van der Waals surface area contributed by atoms with Crippen molar-refractivity contribution in [1.29, 1.82) is 0 Å². The van der Waals surface area contributed by atoms with Crippen molar-refractivity contribution in [2.45, 2.75) is 64.0 Å². The van der Waals surface area contributed by atoms with Gasteiger partial charge in [0.1, 0.15) is 0 Å². The van der Waals surface area contributed by atoms with Crippen LogP contribution in [0.25, 0.3) is 0 Å². The van der Waals surface area contributed by atoms with Crippen LogP contribution in [0.4, 0.5) is 0 Å². The molecule has 0 aliphatic carbocycles. The second-order valence-corrected chi connectivity index (χ2v) is 18.1. The van der Waals surface area contributed by atoms with E-state index in [1.54, 1.807) is 10.4 Å². The predicted octanol–water partition coefficient (Wildman–Crippen LogP) is 5.78. The highest BCUT2D eigenvalue weighted by Gasteiger charge is 2.23. The first-order valence-corrected chi connectivity index (χ1v) is 15.9. The van der Waals surface area contributed by atoms with Crippen molar-refractivity contribution < 1.29 is 0 Å². The largest absolute Gasteiger partial charge is 0.0806 e. The Kier molecular flexibility index (Phi) is 7.06. The van der Waals surface area contributed by atoms with Gasteiger partial charge in [0, 0.05) is 0 Å². The van der Waals surface area contributed by atoms with Crippen LogP contribution in [0.3, 0.4) is 0 Å². The Morgan fingerprint density at radius 2 is 0.833 bits per heavy atom. The monoisotopic (exact) mass is 354 g/mol. The number of rotatable bonds is 9. The fourth-order valence-corrected chi connectivity index (χ4v) is 8.59. The molecule has 0 unspecified atom stereocenters. The summed E-state index contributed by atoms with van der Waals surface area (Å²) in [5.41, 5.74) is 0. The smallest absolute Gasteiger partial charge is 0.0654 e. The summed E-state index contributed by atoms with van der Waals surface area (Å²) in [6.07, 6.45) is 5.62. The van der Waals surface area contributed by atoms with Crippen LogP contribution in [0.1, 0.15) is 25.7 Å². The van der Waals surface area contributed by atoms with E-state index in [4.69, 9.17) is 0 Å². The van der Waals surface area contributed by atoms with Crippen LogP contribution < -0.4 is 10.4 Å². The van der Waals surface area contributed by atoms with Gasteiger partial charge in [-0.2, -0.15) is 0 Å². The van der Waals surface area contributed by atoms with Gasteiger partial charge < -0.3 is 0 Å². The molecule has 0 aromatic heterocycles. The standard InChI is InChI=1S/C22H34Si2/c1-23(2,21-15-9-7-10-16-21)19-13-5-6-14-20-24(3,4)22-17-11-8-12-18-22/h7-12,15-18H,5-6,13-14,19-20H2,1-4H3. The molecule has 0 aliphatic rings. The van der Waals surface area contributed by atoms with Gasteiger partial charge in [0.05, 0.1) is 16.1 Å². The summed E-state index contributed by atoms with van der Waals surface area (Å²) in [4.78, 5) is 0. The SMILES string of the molecule is C[Si](C)(CCCCCC[Si](C)(C)c1ccccc1)c1ccccc1. The zero-order valence-electron chi connectivity index (χ0n) is 16.0. The van der Waals surface area contributed by atoms with Crippen LogP contribution in [0.2, 0.25) is 38.3 Å². The van der Waals surface area contributed by atoms with E-state index in [1.807, 2.05) is 0 Å². The third-order valence-electron chi connectivity index (χ3n) is 5.46. The van der Waals surface area contributed by atoms with E-state index in [-0.39, 0.29) is 0 Å². The molecule has 130 valence electrons. The first-order chi connectivity index (χ1) is 11.4. The Balaban J connectivity index is 1.68. The Morgan fingerprint density at radius 1 is 0.500 bits per heavy atom. The molecule has 0 fully saturated rings. The van der Waals surface area contributed by atoms with E-state index in [0.717, 1.165) is 0 Å². The zero-order chi connectivity index (χ0) is 17.5. The molecule has 0 saturated carbocycles. The van der Waals surface area contributed by atoms with Crippen LogP contribution in [0.5, 0.6) is 0 Å². The van der Waals surface area contributed by atoms with Crippen molar-refractivity contribution in [3.63, 3.8) is 0 Å². The van der Waals surface area contributed by atoms with E-state index in [2.05, 4.69) is 86.9 Å². The zero-order valence-corrected chi connectivity index (χ0v) is 18.0. The molecule has 0 aliphatic heterocycles. The number of benzene rings is 2. The molecule has 0 heterocycles. The van der Waals surface area contributed by atoms with Crippen LogP contribution in [0, 0.1) is 0 Å². The second kappa shape index (κ2) is 8.82. The summed E-state index contributed by atoms with van der Waals surface area (Å²) < 4.78 is 0. The number of hydrogen-bond donors (Lipinski definition) is 0. The van der Waals surface area contributed by atoms with Crippen molar-refractivity contribution in [3.8, 4) is 0 Å². The summed E-state index contributed by atoms with van der Waals surface area (Å²) in [5.74, 6) is 0. The molecular formula is C22H34Si2. The fraction of sp³-hybridized carbons (Fsp3) is 0.455. The molecule has 24 heavy (non-hydrogen) atoms. The van der Waals surface area contributed by atoms with E-state index in [0.29, 0.717) is 0 Å². The van der Waals surface area contributed by atoms with Crippen LogP contribution in [-0.2, 0) is 0 Å². The lowest BCUT2D eigenvalue weighted by Crippen LogP contribution is -2.41. The molecule has 2 rings (SSSR count). The molecule has 0 nitrogen and oxygen atoms in total. The quantitative estimate of drug-likeness (QED) is 0.395. The van der Waals surface area contributed by atoms with Gasteiger partial charge in [-0.05, 0) is 0 Å². The van der Waals surface area contributed by atoms with Gasteiger partial charge in [-0.1, -0.05) is 135 Å². The lowest BCUT2D eigenvalue weighted by atomic mass is 10.2. The first kappa shape index (κ1) is 19.2. The Labute approximate surface area is 151 Å². The molecule has 2 aromatic carbocycles. The Morgan fingerprint density at radius 3 is 1.17 bits per heavy atom.